The van der Waals surface area contributed by atoms with Crippen LogP contribution >= 0.6 is 0 Å². The molecule has 0 unspecified atom stereocenters. The van der Waals surface area contributed by atoms with Gasteiger partial charge in [0, 0.05) is 31.2 Å². The number of anilines is 1. The van der Waals surface area contributed by atoms with Gasteiger partial charge in [-0.15, -0.1) is 0 Å². The predicted octanol–water partition coefficient (Wildman–Crippen LogP) is 2.19. The van der Waals surface area contributed by atoms with Crippen molar-refractivity contribution in [3.63, 3.8) is 0 Å². The maximum atomic E-state index is 12.9. The standard InChI is InChI=1S/C18H24N4O3S/c1-14-9-15(2)11-22(10-14)26(24,25)17-5-3-16(4-6-17)20-18(23)12-21-8-7-19-13-21/h3-8,13-15H,9-12H2,1-2H3,(H,20,23)/t14-,15-/m0/s1. The average Bonchev–Trinajstić information content (AvgIpc) is 3.07. The van der Waals surface area contributed by atoms with E-state index in [0.717, 1.165) is 6.42 Å². The topological polar surface area (TPSA) is 84.3 Å². The molecule has 7 nitrogen and oxygen atoms in total. The Hall–Kier alpha value is -2.19. The SMILES string of the molecule is C[C@H]1C[C@H](C)CN(S(=O)(=O)c2ccc(NC(=O)Cn3ccnc3)cc2)C1. The Bertz CT molecular complexity index is 837. The molecule has 2 atom stereocenters. The van der Waals surface area contributed by atoms with E-state index < -0.39 is 10.0 Å². The van der Waals surface area contributed by atoms with Gasteiger partial charge in [0.05, 0.1) is 11.2 Å². The fourth-order valence-corrected chi connectivity index (χ4v) is 5.09. The van der Waals surface area contributed by atoms with Gasteiger partial charge in [-0.2, -0.15) is 4.31 Å². The molecule has 0 aliphatic carbocycles. The number of hydrogen-bond donors (Lipinski definition) is 1. The van der Waals surface area contributed by atoms with Crippen molar-refractivity contribution in [2.75, 3.05) is 18.4 Å². The van der Waals surface area contributed by atoms with Crippen LogP contribution in [-0.4, -0.2) is 41.3 Å². The summed E-state index contributed by atoms with van der Waals surface area (Å²) in [4.78, 5) is 16.1. The van der Waals surface area contributed by atoms with Crippen LogP contribution < -0.4 is 5.32 Å². The lowest BCUT2D eigenvalue weighted by molar-refractivity contribution is -0.116. The van der Waals surface area contributed by atoms with E-state index in [2.05, 4.69) is 24.1 Å². The fraction of sp³-hybridized carbons (Fsp3) is 0.444. The molecule has 140 valence electrons. The number of imidazole rings is 1. The lowest BCUT2D eigenvalue weighted by Crippen LogP contribution is -2.42. The molecule has 3 rings (SSSR count). The van der Waals surface area contributed by atoms with Gasteiger partial charge in [-0.3, -0.25) is 4.79 Å². The third-order valence-electron chi connectivity index (χ3n) is 4.50. The molecule has 1 saturated heterocycles. The van der Waals surface area contributed by atoms with Crippen molar-refractivity contribution < 1.29 is 13.2 Å². The number of benzene rings is 1. The van der Waals surface area contributed by atoms with Crippen LogP contribution in [0.4, 0.5) is 5.69 Å². The van der Waals surface area contributed by atoms with E-state index in [-0.39, 0.29) is 17.3 Å². The first kappa shape index (κ1) is 18.6. The van der Waals surface area contributed by atoms with Crippen LogP contribution in [0.5, 0.6) is 0 Å². The first-order valence-electron chi connectivity index (χ1n) is 8.70. The van der Waals surface area contributed by atoms with Gasteiger partial charge in [-0.05, 0) is 42.5 Å². The zero-order valence-electron chi connectivity index (χ0n) is 15.0. The molecule has 0 radical (unpaired) electrons. The van der Waals surface area contributed by atoms with Crippen molar-refractivity contribution in [1.29, 1.82) is 0 Å². The summed E-state index contributed by atoms with van der Waals surface area (Å²) in [7, 11) is -3.51. The highest BCUT2D eigenvalue weighted by Crippen LogP contribution is 2.27. The number of nitrogens with zero attached hydrogens (tertiary/aromatic N) is 3. The number of nitrogens with one attached hydrogen (secondary N) is 1. The monoisotopic (exact) mass is 376 g/mol. The van der Waals surface area contributed by atoms with Gasteiger partial charge in [0.25, 0.3) is 0 Å². The summed E-state index contributed by atoms with van der Waals surface area (Å²) in [6.07, 6.45) is 5.93. The van der Waals surface area contributed by atoms with Crippen molar-refractivity contribution in [3.8, 4) is 0 Å². The maximum absolute atomic E-state index is 12.9. The molecule has 1 aliphatic rings. The molecule has 0 saturated carbocycles. The Morgan fingerprint density at radius 2 is 1.85 bits per heavy atom. The largest absolute Gasteiger partial charge is 0.328 e. The zero-order valence-corrected chi connectivity index (χ0v) is 15.8. The van der Waals surface area contributed by atoms with E-state index in [4.69, 9.17) is 0 Å². The maximum Gasteiger partial charge on any atom is 0.244 e. The Balaban J connectivity index is 1.67. The summed E-state index contributed by atoms with van der Waals surface area (Å²) in [6, 6.07) is 6.34. The van der Waals surface area contributed by atoms with Crippen molar-refractivity contribution in [2.45, 2.75) is 31.7 Å². The molecule has 0 bridgehead atoms. The number of hydrogen-bond acceptors (Lipinski definition) is 4. The summed E-state index contributed by atoms with van der Waals surface area (Å²) < 4.78 is 28.9. The van der Waals surface area contributed by atoms with Crippen LogP contribution in [0.2, 0.25) is 0 Å². The van der Waals surface area contributed by atoms with Crippen LogP contribution in [-0.2, 0) is 21.4 Å². The minimum Gasteiger partial charge on any atom is -0.328 e. The fourth-order valence-electron chi connectivity index (χ4n) is 3.41. The van der Waals surface area contributed by atoms with Gasteiger partial charge in [0.15, 0.2) is 0 Å². The zero-order chi connectivity index (χ0) is 18.7. The van der Waals surface area contributed by atoms with E-state index in [1.807, 2.05) is 0 Å². The van der Waals surface area contributed by atoms with Gasteiger partial charge < -0.3 is 9.88 Å². The lowest BCUT2D eigenvalue weighted by atomic mass is 9.94. The minimum atomic E-state index is -3.51. The Kier molecular flexibility index (Phi) is 5.43. The van der Waals surface area contributed by atoms with Crippen LogP contribution in [0.1, 0.15) is 20.3 Å². The number of carbonyl (C=O) groups is 1. The second-order valence-corrected chi connectivity index (χ2v) is 9.01. The van der Waals surface area contributed by atoms with Gasteiger partial charge in [0.1, 0.15) is 6.54 Å². The normalized spacial score (nSPS) is 21.5. The minimum absolute atomic E-state index is 0.156. The molecular weight excluding hydrogens is 352 g/mol. The number of carbonyl (C=O) groups excluding carboxylic acids is 1. The highest BCUT2D eigenvalue weighted by atomic mass is 32.2. The van der Waals surface area contributed by atoms with E-state index in [1.165, 1.54) is 0 Å². The second-order valence-electron chi connectivity index (χ2n) is 7.08. The quantitative estimate of drug-likeness (QED) is 0.867. The van der Waals surface area contributed by atoms with Crippen molar-refractivity contribution in [3.05, 3.63) is 43.0 Å². The molecule has 2 heterocycles. The molecule has 1 aromatic heterocycles. The molecule has 2 aromatic rings. The number of sulfonamides is 1. The van der Waals surface area contributed by atoms with Crippen molar-refractivity contribution in [1.82, 2.24) is 13.9 Å². The van der Waals surface area contributed by atoms with Crippen LogP contribution in [0.25, 0.3) is 0 Å². The Morgan fingerprint density at radius 3 is 2.42 bits per heavy atom. The smallest absolute Gasteiger partial charge is 0.244 e. The first-order valence-corrected chi connectivity index (χ1v) is 10.1. The van der Waals surface area contributed by atoms with E-state index in [0.29, 0.717) is 30.6 Å². The van der Waals surface area contributed by atoms with Crippen molar-refractivity contribution in [2.24, 2.45) is 11.8 Å². The highest BCUT2D eigenvalue weighted by Gasteiger charge is 2.31. The molecule has 1 fully saturated rings. The number of amides is 1. The number of piperidine rings is 1. The Morgan fingerprint density at radius 1 is 1.19 bits per heavy atom. The van der Waals surface area contributed by atoms with E-state index in [1.54, 1.807) is 51.9 Å². The second kappa shape index (κ2) is 7.59. The van der Waals surface area contributed by atoms with Crippen LogP contribution in [0, 0.1) is 11.8 Å². The Labute approximate surface area is 154 Å². The number of rotatable bonds is 5. The molecule has 1 aliphatic heterocycles. The molecule has 26 heavy (non-hydrogen) atoms. The molecule has 0 spiro atoms. The molecule has 1 amide bonds. The summed E-state index contributed by atoms with van der Waals surface area (Å²) in [5.41, 5.74) is 0.564. The third kappa shape index (κ3) is 4.31. The van der Waals surface area contributed by atoms with E-state index >= 15 is 0 Å². The lowest BCUT2D eigenvalue weighted by Gasteiger charge is -2.34. The van der Waals surface area contributed by atoms with Crippen molar-refractivity contribution >= 4 is 21.6 Å². The predicted molar refractivity (Wildman–Crippen MR) is 99.0 cm³/mol. The van der Waals surface area contributed by atoms with Gasteiger partial charge in [-0.1, -0.05) is 13.8 Å². The number of aromatic nitrogens is 2. The van der Waals surface area contributed by atoms with Crippen LogP contribution in [0.3, 0.4) is 0 Å². The first-order chi connectivity index (χ1) is 12.3. The average molecular weight is 376 g/mol. The summed E-state index contributed by atoms with van der Waals surface area (Å²) in [5, 5.41) is 2.76. The molecule has 1 N–H and O–H groups in total. The van der Waals surface area contributed by atoms with Gasteiger partial charge in [0.2, 0.25) is 15.9 Å². The van der Waals surface area contributed by atoms with Crippen LogP contribution in [0.15, 0.2) is 47.9 Å². The summed E-state index contributed by atoms with van der Waals surface area (Å²) in [5.74, 6) is 0.516. The summed E-state index contributed by atoms with van der Waals surface area (Å²) in [6.45, 7) is 5.42. The van der Waals surface area contributed by atoms with Gasteiger partial charge in [-0.25, -0.2) is 13.4 Å². The molecular formula is C18H24N4O3S. The third-order valence-corrected chi connectivity index (χ3v) is 6.34. The summed E-state index contributed by atoms with van der Waals surface area (Å²) >= 11 is 0. The van der Waals surface area contributed by atoms with Gasteiger partial charge >= 0.3 is 0 Å². The molecule has 8 heteroatoms. The van der Waals surface area contributed by atoms with E-state index in [9.17, 15) is 13.2 Å². The molecule has 1 aromatic carbocycles. The highest BCUT2D eigenvalue weighted by molar-refractivity contribution is 7.89.